The first-order valence-corrected chi connectivity index (χ1v) is 6.94. The maximum atomic E-state index is 5.62. The van der Waals surface area contributed by atoms with Gasteiger partial charge in [0.2, 0.25) is 0 Å². The van der Waals surface area contributed by atoms with Crippen LogP contribution in [0, 0.1) is 0 Å². The molecule has 0 heterocycles. The molecular formula is C11H25NO2Si. The van der Waals surface area contributed by atoms with Crippen molar-refractivity contribution in [2.75, 3.05) is 13.2 Å². The Morgan fingerprint density at radius 2 is 2.00 bits per heavy atom. The predicted molar refractivity (Wildman–Crippen MR) is 65.9 cm³/mol. The summed E-state index contributed by atoms with van der Waals surface area (Å²) in [4.78, 5) is 0. The molecule has 15 heavy (non-hydrogen) atoms. The monoisotopic (exact) mass is 231 g/mol. The van der Waals surface area contributed by atoms with Gasteiger partial charge in [0.05, 0.1) is 0 Å². The van der Waals surface area contributed by atoms with E-state index in [1.54, 1.807) is 0 Å². The van der Waals surface area contributed by atoms with Crippen LogP contribution < -0.4 is 5.32 Å². The topological polar surface area (TPSA) is 30.5 Å². The summed E-state index contributed by atoms with van der Waals surface area (Å²) in [5.41, 5.74) is 0. The summed E-state index contributed by atoms with van der Waals surface area (Å²) >= 11 is 0. The Kier molecular flexibility index (Phi) is 5.82. The molecule has 4 heteroatoms. The molecule has 1 fully saturated rings. The fraction of sp³-hybridized carbons (Fsp3) is 1.00. The normalized spacial score (nSPS) is 22.8. The Morgan fingerprint density at radius 1 is 1.33 bits per heavy atom. The van der Waals surface area contributed by atoms with Crippen molar-refractivity contribution < 1.29 is 9.16 Å². The molecule has 1 N–H and O–H groups in total. The Balaban J connectivity index is 2.25. The lowest BCUT2D eigenvalue weighted by molar-refractivity contribution is -0.162. The van der Waals surface area contributed by atoms with Crippen molar-refractivity contribution in [2.45, 2.75) is 57.8 Å². The highest BCUT2D eigenvalue weighted by atomic mass is 28.2. The summed E-state index contributed by atoms with van der Waals surface area (Å²) < 4.78 is 11.1. The highest BCUT2D eigenvalue weighted by Crippen LogP contribution is 2.18. The number of hydrogen-bond donors (Lipinski definition) is 1. The van der Waals surface area contributed by atoms with Gasteiger partial charge in [-0.25, -0.2) is 0 Å². The quantitative estimate of drug-likeness (QED) is 0.545. The zero-order chi connectivity index (χ0) is 11.1. The van der Waals surface area contributed by atoms with Gasteiger partial charge in [-0.2, -0.15) is 0 Å². The van der Waals surface area contributed by atoms with Crippen molar-refractivity contribution in [1.29, 1.82) is 0 Å². The van der Waals surface area contributed by atoms with Crippen LogP contribution in [0.4, 0.5) is 0 Å². The van der Waals surface area contributed by atoms with Crippen LogP contribution in [0.1, 0.15) is 46.0 Å². The van der Waals surface area contributed by atoms with E-state index in [1.807, 2.05) is 13.8 Å². The molecule has 1 unspecified atom stereocenters. The fourth-order valence-electron chi connectivity index (χ4n) is 2.12. The molecule has 3 nitrogen and oxygen atoms in total. The van der Waals surface area contributed by atoms with Crippen LogP contribution in [0.2, 0.25) is 0 Å². The van der Waals surface area contributed by atoms with Crippen LogP contribution in [-0.4, -0.2) is 35.5 Å². The van der Waals surface area contributed by atoms with Gasteiger partial charge >= 0.3 is 0 Å². The maximum Gasteiger partial charge on any atom is 0.167 e. The molecule has 1 rings (SSSR count). The Morgan fingerprint density at radius 3 is 2.53 bits per heavy atom. The number of rotatable bonds is 6. The van der Waals surface area contributed by atoms with Crippen molar-refractivity contribution in [3.8, 4) is 0 Å². The van der Waals surface area contributed by atoms with Crippen molar-refractivity contribution in [3.63, 3.8) is 0 Å². The average Bonchev–Trinajstić information content (AvgIpc) is 2.28. The third-order valence-electron chi connectivity index (χ3n) is 3.20. The highest BCUT2D eigenvalue weighted by Gasteiger charge is 2.24. The molecule has 0 aromatic rings. The summed E-state index contributed by atoms with van der Waals surface area (Å²) in [5.74, 6) is -0.404. The second kappa shape index (κ2) is 6.63. The summed E-state index contributed by atoms with van der Waals surface area (Å²) in [6.45, 7) is 5.57. The lowest BCUT2D eigenvalue weighted by Gasteiger charge is -2.32. The average molecular weight is 231 g/mol. The summed E-state index contributed by atoms with van der Waals surface area (Å²) in [7, 11) is 0.724. The highest BCUT2D eigenvalue weighted by molar-refractivity contribution is 5.98. The lowest BCUT2D eigenvalue weighted by Crippen LogP contribution is -2.46. The van der Waals surface area contributed by atoms with E-state index < -0.39 is 5.79 Å². The van der Waals surface area contributed by atoms with Gasteiger partial charge < -0.3 is 14.5 Å². The van der Waals surface area contributed by atoms with Gasteiger partial charge in [-0.3, -0.25) is 0 Å². The molecule has 0 amide bonds. The fourth-order valence-corrected chi connectivity index (χ4v) is 2.39. The molecule has 1 aliphatic rings. The van der Waals surface area contributed by atoms with Gasteiger partial charge in [0.25, 0.3) is 0 Å². The van der Waals surface area contributed by atoms with E-state index in [-0.39, 0.29) is 0 Å². The van der Waals surface area contributed by atoms with Crippen molar-refractivity contribution >= 4 is 10.5 Å². The Bertz CT molecular complexity index is 174. The van der Waals surface area contributed by atoms with Crippen LogP contribution in [0.15, 0.2) is 0 Å². The zero-order valence-electron chi connectivity index (χ0n) is 10.3. The first-order chi connectivity index (χ1) is 7.20. The third-order valence-corrected chi connectivity index (χ3v) is 4.06. The molecule has 0 aliphatic heterocycles. The molecule has 0 radical (unpaired) electrons. The van der Waals surface area contributed by atoms with Gasteiger partial charge in [0.1, 0.15) is 10.5 Å². The van der Waals surface area contributed by atoms with Crippen LogP contribution in [0.5, 0.6) is 0 Å². The lowest BCUT2D eigenvalue weighted by atomic mass is 9.95. The SMILES string of the molecule is CCOC(C)(CNC1CCCCC1)O[SiH3]. The largest absolute Gasteiger partial charge is 0.401 e. The second-order valence-corrected chi connectivity index (χ2v) is 4.90. The predicted octanol–water partition coefficient (Wildman–Crippen LogP) is 0.958. The zero-order valence-corrected chi connectivity index (χ0v) is 12.3. The molecule has 0 spiro atoms. The molecular weight excluding hydrogens is 206 g/mol. The van der Waals surface area contributed by atoms with Crippen molar-refractivity contribution in [3.05, 3.63) is 0 Å². The van der Waals surface area contributed by atoms with Gasteiger partial charge in [0.15, 0.2) is 5.79 Å². The summed E-state index contributed by atoms with van der Waals surface area (Å²) in [6, 6.07) is 0.676. The van der Waals surface area contributed by atoms with E-state index >= 15 is 0 Å². The van der Waals surface area contributed by atoms with Gasteiger partial charge in [-0.15, -0.1) is 0 Å². The van der Waals surface area contributed by atoms with Gasteiger partial charge in [0, 0.05) is 19.2 Å². The first-order valence-electron chi connectivity index (χ1n) is 6.12. The molecule has 0 bridgehead atoms. The Labute approximate surface area is 96.5 Å². The van der Waals surface area contributed by atoms with Crippen LogP contribution >= 0.6 is 0 Å². The molecule has 0 aromatic carbocycles. The van der Waals surface area contributed by atoms with Crippen LogP contribution in [-0.2, 0) is 9.16 Å². The first kappa shape index (κ1) is 13.2. The van der Waals surface area contributed by atoms with Gasteiger partial charge in [-0.1, -0.05) is 19.3 Å². The van der Waals surface area contributed by atoms with E-state index in [0.29, 0.717) is 12.6 Å². The molecule has 0 aromatic heterocycles. The number of ether oxygens (including phenoxy) is 1. The number of nitrogens with one attached hydrogen (secondary N) is 1. The third kappa shape index (κ3) is 4.63. The Hall–Kier alpha value is 0.0969. The molecule has 1 atom stereocenters. The maximum absolute atomic E-state index is 5.62. The standard InChI is InChI=1S/C11H25NO2Si/c1-3-13-11(2,14-15)9-12-10-7-5-4-6-8-10/h10,12H,3-9H2,1-2,15H3. The molecule has 1 saturated carbocycles. The molecule has 0 saturated heterocycles. The van der Waals surface area contributed by atoms with Crippen molar-refractivity contribution in [2.24, 2.45) is 0 Å². The van der Waals surface area contributed by atoms with E-state index in [1.165, 1.54) is 32.1 Å². The van der Waals surface area contributed by atoms with Gasteiger partial charge in [-0.05, 0) is 26.7 Å². The number of hydrogen-bond acceptors (Lipinski definition) is 3. The van der Waals surface area contributed by atoms with Crippen LogP contribution in [0.3, 0.4) is 0 Å². The van der Waals surface area contributed by atoms with Crippen LogP contribution in [0.25, 0.3) is 0 Å². The van der Waals surface area contributed by atoms with E-state index in [9.17, 15) is 0 Å². The van der Waals surface area contributed by atoms with Crippen molar-refractivity contribution in [1.82, 2.24) is 5.32 Å². The minimum atomic E-state index is -0.404. The van der Waals surface area contributed by atoms with E-state index in [0.717, 1.165) is 17.0 Å². The smallest absolute Gasteiger partial charge is 0.167 e. The molecule has 90 valence electrons. The minimum Gasteiger partial charge on any atom is -0.401 e. The molecule has 1 aliphatic carbocycles. The summed E-state index contributed by atoms with van der Waals surface area (Å²) in [5, 5.41) is 3.57. The van der Waals surface area contributed by atoms with E-state index in [2.05, 4.69) is 5.32 Å². The minimum absolute atomic E-state index is 0.404. The second-order valence-electron chi connectivity index (χ2n) is 4.49. The van der Waals surface area contributed by atoms with E-state index in [4.69, 9.17) is 9.16 Å². The summed E-state index contributed by atoms with van der Waals surface area (Å²) in [6.07, 6.45) is 6.75.